The molecule has 7 nitrogen and oxygen atoms in total. The molecule has 0 atom stereocenters. The van der Waals surface area contributed by atoms with Gasteiger partial charge in [-0.2, -0.15) is 5.26 Å². The maximum atomic E-state index is 12.6. The highest BCUT2D eigenvalue weighted by atomic mass is 19.4. The number of rotatable bonds is 5. The fourth-order valence-corrected chi connectivity index (χ4v) is 2.39. The van der Waals surface area contributed by atoms with E-state index in [-0.39, 0.29) is 17.7 Å². The zero-order valence-electron chi connectivity index (χ0n) is 13.7. The summed E-state index contributed by atoms with van der Waals surface area (Å²) in [4.78, 5) is 22.4. The number of nitriles is 1. The fourth-order valence-electron chi connectivity index (χ4n) is 2.39. The summed E-state index contributed by atoms with van der Waals surface area (Å²) in [7, 11) is 0. The van der Waals surface area contributed by atoms with E-state index in [1.165, 1.54) is 25.1 Å². The summed E-state index contributed by atoms with van der Waals surface area (Å²) in [6.07, 6.45) is -5.00. The van der Waals surface area contributed by atoms with Crippen molar-refractivity contribution >= 4 is 11.7 Å². The molecule has 2 rings (SSSR count). The van der Waals surface area contributed by atoms with Crippen LogP contribution in [0.4, 0.5) is 18.9 Å². The Morgan fingerprint density at radius 1 is 1.22 bits per heavy atom. The number of hydrogen-bond acceptors (Lipinski definition) is 6. The van der Waals surface area contributed by atoms with Crippen molar-refractivity contribution in [2.45, 2.75) is 13.3 Å². The number of nitro benzene ring substituents is 1. The summed E-state index contributed by atoms with van der Waals surface area (Å²) in [5.74, 6) is -1.66. The average molecular weight is 380 g/mol. The lowest BCUT2D eigenvalue weighted by molar-refractivity contribution is -0.385. The Morgan fingerprint density at radius 2 is 1.89 bits per heavy atom. The van der Waals surface area contributed by atoms with Crippen molar-refractivity contribution in [1.29, 1.82) is 5.26 Å². The van der Waals surface area contributed by atoms with Crippen molar-refractivity contribution < 1.29 is 32.4 Å². The first-order valence-electron chi connectivity index (χ1n) is 7.43. The summed E-state index contributed by atoms with van der Waals surface area (Å²) in [5, 5.41) is 20.8. The van der Waals surface area contributed by atoms with Gasteiger partial charge in [-0.25, -0.2) is 4.79 Å². The molecule has 27 heavy (non-hydrogen) atoms. The van der Waals surface area contributed by atoms with Crippen molar-refractivity contribution in [3.05, 3.63) is 57.6 Å². The summed E-state index contributed by atoms with van der Waals surface area (Å²) < 4.78 is 46.5. The highest BCUT2D eigenvalue weighted by Gasteiger charge is 2.34. The van der Waals surface area contributed by atoms with Crippen LogP contribution in [0.5, 0.6) is 5.75 Å². The molecule has 0 saturated carbocycles. The largest absolute Gasteiger partial charge is 0.573 e. The Morgan fingerprint density at radius 3 is 2.44 bits per heavy atom. The first kappa shape index (κ1) is 19.7. The zero-order chi connectivity index (χ0) is 20.2. The molecule has 0 amide bonds. The predicted molar refractivity (Wildman–Crippen MR) is 85.9 cm³/mol. The third kappa shape index (κ3) is 4.33. The van der Waals surface area contributed by atoms with Gasteiger partial charge in [-0.05, 0) is 19.1 Å². The zero-order valence-corrected chi connectivity index (χ0v) is 13.7. The molecular weight excluding hydrogens is 369 g/mol. The van der Waals surface area contributed by atoms with Gasteiger partial charge in [0.05, 0.1) is 11.5 Å². The molecule has 140 valence electrons. The second-order valence-electron chi connectivity index (χ2n) is 5.02. The minimum absolute atomic E-state index is 0.0537. The van der Waals surface area contributed by atoms with Crippen LogP contribution in [0.3, 0.4) is 0 Å². The first-order chi connectivity index (χ1) is 12.7. The number of nitro groups is 1. The monoisotopic (exact) mass is 380 g/mol. The number of halogens is 3. The van der Waals surface area contributed by atoms with Gasteiger partial charge in [0.2, 0.25) is 0 Å². The maximum Gasteiger partial charge on any atom is 0.573 e. The number of alkyl halides is 3. The third-order valence-corrected chi connectivity index (χ3v) is 3.37. The third-order valence-electron chi connectivity index (χ3n) is 3.37. The molecule has 0 saturated heterocycles. The molecule has 0 fully saturated rings. The highest BCUT2D eigenvalue weighted by molar-refractivity contribution is 5.97. The maximum absolute atomic E-state index is 12.6. The van der Waals surface area contributed by atoms with Gasteiger partial charge in [-0.3, -0.25) is 10.1 Å². The summed E-state index contributed by atoms with van der Waals surface area (Å²) >= 11 is 0. The minimum atomic E-state index is -5.00. The van der Waals surface area contributed by atoms with E-state index in [0.717, 1.165) is 18.2 Å². The molecule has 0 aliphatic heterocycles. The molecule has 0 aromatic heterocycles. The quantitative estimate of drug-likeness (QED) is 0.437. The lowest BCUT2D eigenvalue weighted by atomic mass is 9.95. The molecule has 0 N–H and O–H groups in total. The van der Waals surface area contributed by atoms with Gasteiger partial charge in [-0.15, -0.1) is 13.2 Å². The van der Waals surface area contributed by atoms with Crippen LogP contribution in [0.15, 0.2) is 36.4 Å². The minimum Gasteiger partial charge on any atom is -0.462 e. The number of benzene rings is 2. The molecule has 10 heteroatoms. The van der Waals surface area contributed by atoms with Gasteiger partial charge in [0.1, 0.15) is 22.9 Å². The van der Waals surface area contributed by atoms with Crippen LogP contribution in [0.25, 0.3) is 11.1 Å². The van der Waals surface area contributed by atoms with Crippen molar-refractivity contribution in [3.63, 3.8) is 0 Å². The Kier molecular flexibility index (Phi) is 5.65. The highest BCUT2D eigenvalue weighted by Crippen LogP contribution is 2.39. The Hall–Kier alpha value is -3.61. The second-order valence-corrected chi connectivity index (χ2v) is 5.02. The van der Waals surface area contributed by atoms with Crippen LogP contribution in [0, 0.1) is 21.4 Å². The van der Waals surface area contributed by atoms with E-state index < -0.39 is 39.8 Å². The van der Waals surface area contributed by atoms with Gasteiger partial charge < -0.3 is 9.47 Å². The van der Waals surface area contributed by atoms with Gasteiger partial charge >= 0.3 is 18.0 Å². The van der Waals surface area contributed by atoms with E-state index >= 15 is 0 Å². The van der Waals surface area contributed by atoms with Crippen LogP contribution in [0.1, 0.15) is 22.8 Å². The van der Waals surface area contributed by atoms with Gasteiger partial charge in [0.25, 0.3) is 0 Å². The molecule has 0 bridgehead atoms. The Labute approximate surface area is 150 Å². The molecule has 0 radical (unpaired) electrons. The lowest BCUT2D eigenvalue weighted by Gasteiger charge is -2.14. The van der Waals surface area contributed by atoms with Crippen LogP contribution in [0.2, 0.25) is 0 Å². The van der Waals surface area contributed by atoms with Gasteiger partial charge in [-0.1, -0.05) is 24.3 Å². The molecule has 0 heterocycles. The number of nitrogens with zero attached hydrogens (tertiary/aromatic N) is 2. The number of carbonyl (C=O) groups is 1. The summed E-state index contributed by atoms with van der Waals surface area (Å²) in [6, 6.07) is 8.62. The Bertz CT molecular complexity index is 935. The van der Waals surface area contributed by atoms with Gasteiger partial charge in [0.15, 0.2) is 0 Å². The lowest BCUT2D eigenvalue weighted by Crippen LogP contribution is -2.17. The SMILES string of the molecule is CCOC(=O)c1ccc(-c2ccccc2OC(F)(F)F)c(C#N)c1[N+](=O)[O-]. The van der Waals surface area contributed by atoms with Crippen molar-refractivity contribution in [1.82, 2.24) is 0 Å². The number of esters is 1. The van der Waals surface area contributed by atoms with Crippen LogP contribution >= 0.6 is 0 Å². The number of carbonyl (C=O) groups excluding carboxylic acids is 1. The fraction of sp³-hybridized carbons (Fsp3) is 0.176. The summed E-state index contributed by atoms with van der Waals surface area (Å²) in [6.45, 7) is 1.44. The molecular formula is C17H11F3N2O5. The number of hydrogen-bond donors (Lipinski definition) is 0. The number of para-hydroxylation sites is 1. The van der Waals surface area contributed by atoms with Crippen LogP contribution < -0.4 is 4.74 Å². The van der Waals surface area contributed by atoms with Crippen LogP contribution in [-0.4, -0.2) is 23.9 Å². The van der Waals surface area contributed by atoms with Crippen molar-refractivity contribution in [2.24, 2.45) is 0 Å². The average Bonchev–Trinajstić information content (AvgIpc) is 2.59. The number of ether oxygens (including phenoxy) is 2. The van der Waals surface area contributed by atoms with Crippen molar-refractivity contribution in [3.8, 4) is 22.9 Å². The van der Waals surface area contributed by atoms with E-state index in [1.54, 1.807) is 6.07 Å². The predicted octanol–water partition coefficient (Wildman–Crippen LogP) is 4.21. The topological polar surface area (TPSA) is 102 Å². The van der Waals surface area contributed by atoms with E-state index in [0.29, 0.717) is 0 Å². The van der Waals surface area contributed by atoms with Gasteiger partial charge in [0, 0.05) is 11.1 Å². The second kappa shape index (κ2) is 7.74. The van der Waals surface area contributed by atoms with E-state index in [9.17, 15) is 33.3 Å². The first-order valence-corrected chi connectivity index (χ1v) is 7.43. The molecule has 0 spiro atoms. The molecule has 0 aliphatic rings. The molecule has 0 aliphatic carbocycles. The Balaban J connectivity index is 2.74. The molecule has 0 unspecified atom stereocenters. The van der Waals surface area contributed by atoms with E-state index in [2.05, 4.69) is 4.74 Å². The van der Waals surface area contributed by atoms with E-state index in [4.69, 9.17) is 4.74 Å². The standard InChI is InChI=1S/C17H11F3N2O5/c1-2-26-16(23)12-8-7-10(13(9-21)15(12)22(24)25)11-5-3-4-6-14(11)27-17(18,19)20/h3-8H,2H2,1H3. The summed E-state index contributed by atoms with van der Waals surface area (Å²) in [5.41, 5.74) is -2.28. The normalized spacial score (nSPS) is 10.8. The van der Waals surface area contributed by atoms with Crippen molar-refractivity contribution in [2.75, 3.05) is 6.61 Å². The molecule has 2 aromatic carbocycles. The smallest absolute Gasteiger partial charge is 0.462 e. The van der Waals surface area contributed by atoms with Crippen LogP contribution in [-0.2, 0) is 4.74 Å². The molecule has 2 aromatic rings. The van der Waals surface area contributed by atoms with E-state index in [1.807, 2.05) is 0 Å².